The number of carbonyl (C=O) groups excluding carboxylic acids is 1. The van der Waals surface area contributed by atoms with Gasteiger partial charge in [0, 0.05) is 6.54 Å². The van der Waals surface area contributed by atoms with Gasteiger partial charge in [-0.25, -0.2) is 22.6 Å². The second-order valence-electron chi connectivity index (χ2n) is 5.10. The minimum absolute atomic E-state index is 0.0504. The van der Waals surface area contributed by atoms with Crippen molar-refractivity contribution in [1.82, 2.24) is 24.9 Å². The van der Waals surface area contributed by atoms with Gasteiger partial charge in [-0.2, -0.15) is 0 Å². The van der Waals surface area contributed by atoms with Gasteiger partial charge in [0.05, 0.1) is 15.5 Å². The number of benzene rings is 1. The summed E-state index contributed by atoms with van der Waals surface area (Å²) in [4.78, 5) is 12.2. The SMILES string of the molecule is CCCCn1nnnc1COC(=O)c1cc(S(=O)(=O)NC)ccc1Cl. The van der Waals surface area contributed by atoms with Crippen molar-refractivity contribution in [3.63, 3.8) is 0 Å². The van der Waals surface area contributed by atoms with E-state index in [-0.39, 0.29) is 22.1 Å². The Hall–Kier alpha value is -2.04. The third kappa shape index (κ3) is 4.74. The van der Waals surface area contributed by atoms with Gasteiger partial charge in [0.25, 0.3) is 0 Å². The summed E-state index contributed by atoms with van der Waals surface area (Å²) in [5.41, 5.74) is -0.0504. The van der Waals surface area contributed by atoms with E-state index in [1.54, 1.807) is 4.68 Å². The quantitative estimate of drug-likeness (QED) is 0.680. The zero-order valence-electron chi connectivity index (χ0n) is 13.8. The van der Waals surface area contributed by atoms with Gasteiger partial charge in [-0.3, -0.25) is 0 Å². The molecule has 0 fully saturated rings. The van der Waals surface area contributed by atoms with Crippen molar-refractivity contribution >= 4 is 27.6 Å². The molecule has 9 nitrogen and oxygen atoms in total. The largest absolute Gasteiger partial charge is 0.454 e. The van der Waals surface area contributed by atoms with Crippen LogP contribution in [0.5, 0.6) is 0 Å². The lowest BCUT2D eigenvalue weighted by Crippen LogP contribution is -2.19. The number of esters is 1. The molecule has 2 rings (SSSR count). The van der Waals surface area contributed by atoms with Crippen LogP contribution in [0.4, 0.5) is 0 Å². The van der Waals surface area contributed by atoms with Crippen molar-refractivity contribution in [1.29, 1.82) is 0 Å². The first-order valence-corrected chi connectivity index (χ1v) is 9.40. The zero-order chi connectivity index (χ0) is 18.4. The molecular formula is C14H18ClN5O4S. The summed E-state index contributed by atoms with van der Waals surface area (Å²) in [5.74, 6) is -0.361. The van der Waals surface area contributed by atoms with Crippen LogP contribution in [0.3, 0.4) is 0 Å². The smallest absolute Gasteiger partial charge is 0.340 e. The number of rotatable bonds is 8. The Labute approximate surface area is 150 Å². The summed E-state index contributed by atoms with van der Waals surface area (Å²) >= 11 is 5.98. The Morgan fingerprint density at radius 3 is 2.84 bits per heavy atom. The lowest BCUT2D eigenvalue weighted by Gasteiger charge is -2.09. The second kappa shape index (κ2) is 8.37. The van der Waals surface area contributed by atoms with Crippen LogP contribution in [-0.4, -0.2) is 41.6 Å². The van der Waals surface area contributed by atoms with Crippen LogP contribution >= 0.6 is 11.6 Å². The van der Waals surface area contributed by atoms with Crippen molar-refractivity contribution in [3.8, 4) is 0 Å². The van der Waals surface area contributed by atoms with Crippen LogP contribution in [0.1, 0.15) is 35.9 Å². The highest BCUT2D eigenvalue weighted by Gasteiger charge is 2.19. The topological polar surface area (TPSA) is 116 Å². The average Bonchev–Trinajstić information content (AvgIpc) is 3.05. The van der Waals surface area contributed by atoms with E-state index < -0.39 is 16.0 Å². The Kier molecular flexibility index (Phi) is 6.45. The predicted octanol–water partition coefficient (Wildman–Crippen LogP) is 1.39. The summed E-state index contributed by atoms with van der Waals surface area (Å²) < 4.78 is 32.6. The number of sulfonamides is 1. The van der Waals surface area contributed by atoms with Gasteiger partial charge in [0.15, 0.2) is 12.4 Å². The van der Waals surface area contributed by atoms with Gasteiger partial charge in [0.2, 0.25) is 10.0 Å². The van der Waals surface area contributed by atoms with Gasteiger partial charge in [-0.15, -0.1) is 5.10 Å². The number of tetrazole rings is 1. The van der Waals surface area contributed by atoms with Gasteiger partial charge in [-0.05, 0) is 42.1 Å². The van der Waals surface area contributed by atoms with Crippen molar-refractivity contribution in [3.05, 3.63) is 34.6 Å². The van der Waals surface area contributed by atoms with E-state index in [1.165, 1.54) is 19.2 Å². The third-order valence-electron chi connectivity index (χ3n) is 3.40. The van der Waals surface area contributed by atoms with Crippen molar-refractivity contribution < 1.29 is 17.9 Å². The number of hydrogen-bond donors (Lipinski definition) is 1. The number of nitrogens with one attached hydrogen (secondary N) is 1. The minimum atomic E-state index is -3.70. The number of carbonyl (C=O) groups is 1. The van der Waals surface area contributed by atoms with E-state index >= 15 is 0 Å². The maximum absolute atomic E-state index is 12.3. The average molecular weight is 388 g/mol. The summed E-state index contributed by atoms with van der Waals surface area (Å²) in [6, 6.07) is 3.79. The fraction of sp³-hybridized carbons (Fsp3) is 0.429. The number of halogens is 1. The molecule has 2 aromatic rings. The molecule has 0 bridgehead atoms. The van der Waals surface area contributed by atoms with Gasteiger partial charge in [-0.1, -0.05) is 24.9 Å². The minimum Gasteiger partial charge on any atom is -0.454 e. The molecule has 0 aliphatic rings. The fourth-order valence-electron chi connectivity index (χ4n) is 1.96. The number of unbranched alkanes of at least 4 members (excludes halogenated alkanes) is 1. The van der Waals surface area contributed by atoms with Crippen LogP contribution in [0.15, 0.2) is 23.1 Å². The molecule has 0 amide bonds. The third-order valence-corrected chi connectivity index (χ3v) is 5.14. The molecular weight excluding hydrogens is 370 g/mol. The number of ether oxygens (including phenoxy) is 1. The molecule has 0 radical (unpaired) electrons. The van der Waals surface area contributed by atoms with E-state index in [0.717, 1.165) is 18.9 Å². The van der Waals surface area contributed by atoms with Crippen LogP contribution in [0.25, 0.3) is 0 Å². The van der Waals surface area contributed by atoms with Crippen molar-refractivity contribution in [2.75, 3.05) is 7.05 Å². The normalized spacial score (nSPS) is 11.5. The summed E-state index contributed by atoms with van der Waals surface area (Å²) in [5, 5.41) is 11.3. The summed E-state index contributed by atoms with van der Waals surface area (Å²) in [6.45, 7) is 2.51. The Balaban J connectivity index is 2.14. The molecule has 0 aliphatic carbocycles. The monoisotopic (exact) mass is 387 g/mol. The van der Waals surface area contributed by atoms with Crippen LogP contribution in [-0.2, 0) is 27.9 Å². The second-order valence-corrected chi connectivity index (χ2v) is 7.39. The highest BCUT2D eigenvalue weighted by Crippen LogP contribution is 2.21. The summed E-state index contributed by atoms with van der Waals surface area (Å²) in [6.07, 6.45) is 1.86. The molecule has 11 heteroatoms. The molecule has 0 unspecified atom stereocenters. The van der Waals surface area contributed by atoms with Crippen molar-refractivity contribution in [2.24, 2.45) is 0 Å². The van der Waals surface area contributed by atoms with Crippen LogP contribution < -0.4 is 4.72 Å². The number of aromatic nitrogens is 4. The van der Waals surface area contributed by atoms with E-state index in [2.05, 4.69) is 20.2 Å². The molecule has 1 N–H and O–H groups in total. The molecule has 0 spiro atoms. The predicted molar refractivity (Wildman–Crippen MR) is 89.5 cm³/mol. The molecule has 1 heterocycles. The van der Waals surface area contributed by atoms with Gasteiger partial charge in [0.1, 0.15) is 0 Å². The molecule has 0 saturated heterocycles. The lowest BCUT2D eigenvalue weighted by atomic mass is 10.2. The van der Waals surface area contributed by atoms with E-state index in [1.807, 2.05) is 6.92 Å². The van der Waals surface area contributed by atoms with E-state index in [4.69, 9.17) is 16.3 Å². The zero-order valence-corrected chi connectivity index (χ0v) is 15.3. The van der Waals surface area contributed by atoms with Crippen LogP contribution in [0.2, 0.25) is 5.02 Å². The first kappa shape index (κ1) is 19.3. The standard InChI is InChI=1S/C14H18ClN5O4S/c1-3-4-7-20-13(17-18-19-20)9-24-14(21)11-8-10(5-6-12(11)15)25(22,23)16-2/h5-6,8,16H,3-4,7,9H2,1-2H3. The molecule has 25 heavy (non-hydrogen) atoms. The maximum Gasteiger partial charge on any atom is 0.340 e. The molecule has 0 aliphatic heterocycles. The molecule has 0 atom stereocenters. The maximum atomic E-state index is 12.3. The molecule has 1 aromatic carbocycles. The number of aryl methyl sites for hydroxylation is 1. The first-order chi connectivity index (χ1) is 11.9. The van der Waals surface area contributed by atoms with Gasteiger partial charge < -0.3 is 4.74 Å². The fourth-order valence-corrected chi connectivity index (χ4v) is 2.91. The molecule has 136 valence electrons. The molecule has 0 saturated carbocycles. The molecule has 1 aromatic heterocycles. The lowest BCUT2D eigenvalue weighted by molar-refractivity contribution is 0.0456. The number of nitrogens with zero attached hydrogens (tertiary/aromatic N) is 4. The Morgan fingerprint density at radius 2 is 2.16 bits per heavy atom. The van der Waals surface area contributed by atoms with E-state index in [0.29, 0.717) is 12.4 Å². The van der Waals surface area contributed by atoms with E-state index in [9.17, 15) is 13.2 Å². The Morgan fingerprint density at radius 1 is 1.40 bits per heavy atom. The van der Waals surface area contributed by atoms with Crippen molar-refractivity contribution in [2.45, 2.75) is 37.8 Å². The first-order valence-electron chi connectivity index (χ1n) is 7.54. The number of hydrogen-bond acceptors (Lipinski definition) is 7. The van der Waals surface area contributed by atoms with Crippen LogP contribution in [0, 0.1) is 0 Å². The Bertz CT molecular complexity index is 853. The highest BCUT2D eigenvalue weighted by molar-refractivity contribution is 7.89. The summed E-state index contributed by atoms with van der Waals surface area (Å²) in [7, 11) is -2.42. The highest BCUT2D eigenvalue weighted by atomic mass is 35.5. The van der Waals surface area contributed by atoms with Gasteiger partial charge >= 0.3 is 5.97 Å².